The van der Waals surface area contributed by atoms with Crippen molar-refractivity contribution in [3.63, 3.8) is 0 Å². The third-order valence-electron chi connectivity index (χ3n) is 3.14. The van der Waals surface area contributed by atoms with Crippen LogP contribution in [0.4, 0.5) is 0 Å². The summed E-state index contributed by atoms with van der Waals surface area (Å²) in [5.41, 5.74) is 0. The van der Waals surface area contributed by atoms with Gasteiger partial charge in [-0.3, -0.25) is 0 Å². The third kappa shape index (κ3) is 2.67. The van der Waals surface area contributed by atoms with Crippen molar-refractivity contribution < 1.29 is 8.42 Å². The van der Waals surface area contributed by atoms with Gasteiger partial charge in [0.25, 0.3) is 10.0 Å². The summed E-state index contributed by atoms with van der Waals surface area (Å²) in [6, 6.07) is 3.51. The van der Waals surface area contributed by atoms with Gasteiger partial charge in [-0.15, -0.1) is 22.9 Å². The van der Waals surface area contributed by atoms with Crippen molar-refractivity contribution in [2.75, 3.05) is 13.1 Å². The SMILES string of the molecule is Cc1ccc(S(=O)(=O)N2CCC(C)C(Cl)C2)s1. The van der Waals surface area contributed by atoms with Crippen molar-refractivity contribution in [2.24, 2.45) is 5.92 Å². The van der Waals surface area contributed by atoms with E-state index < -0.39 is 10.0 Å². The highest BCUT2D eigenvalue weighted by Gasteiger charge is 2.33. The smallest absolute Gasteiger partial charge is 0.206 e. The average Bonchev–Trinajstić information content (AvgIpc) is 2.69. The lowest BCUT2D eigenvalue weighted by molar-refractivity contribution is 0.293. The van der Waals surface area contributed by atoms with Crippen LogP contribution in [0.2, 0.25) is 0 Å². The van der Waals surface area contributed by atoms with Gasteiger partial charge >= 0.3 is 0 Å². The van der Waals surface area contributed by atoms with Crippen LogP contribution < -0.4 is 0 Å². The van der Waals surface area contributed by atoms with Crippen LogP contribution in [-0.4, -0.2) is 31.2 Å². The molecule has 2 atom stereocenters. The van der Waals surface area contributed by atoms with E-state index in [4.69, 9.17) is 11.6 Å². The van der Waals surface area contributed by atoms with Crippen molar-refractivity contribution in [3.05, 3.63) is 17.0 Å². The number of hydrogen-bond acceptors (Lipinski definition) is 3. The Balaban J connectivity index is 2.22. The molecule has 1 saturated heterocycles. The van der Waals surface area contributed by atoms with E-state index in [2.05, 4.69) is 6.92 Å². The first-order valence-corrected chi connectivity index (χ1v) is 8.31. The summed E-state index contributed by atoms with van der Waals surface area (Å²) in [5.74, 6) is 0.383. The molecule has 2 unspecified atom stereocenters. The summed E-state index contributed by atoms with van der Waals surface area (Å²) in [5, 5.41) is -0.0837. The molecule has 0 radical (unpaired) electrons. The number of sulfonamides is 1. The van der Waals surface area contributed by atoms with Gasteiger partial charge in [0.15, 0.2) is 0 Å². The molecule has 0 spiro atoms. The molecule has 2 rings (SSSR count). The van der Waals surface area contributed by atoms with Gasteiger partial charge in [0.05, 0.1) is 0 Å². The molecule has 0 N–H and O–H groups in total. The van der Waals surface area contributed by atoms with Crippen molar-refractivity contribution in [3.8, 4) is 0 Å². The van der Waals surface area contributed by atoms with Crippen LogP contribution in [0.3, 0.4) is 0 Å². The molecular formula is C11H16ClNO2S2. The molecule has 6 heteroatoms. The van der Waals surface area contributed by atoms with Gasteiger partial charge in [-0.25, -0.2) is 8.42 Å². The van der Waals surface area contributed by atoms with Crippen molar-refractivity contribution in [1.29, 1.82) is 0 Å². The minimum Gasteiger partial charge on any atom is -0.206 e. The molecular weight excluding hydrogens is 278 g/mol. The Kier molecular flexibility index (Phi) is 3.83. The maximum Gasteiger partial charge on any atom is 0.252 e. The highest BCUT2D eigenvalue weighted by atomic mass is 35.5. The highest BCUT2D eigenvalue weighted by Crippen LogP contribution is 2.29. The number of piperidine rings is 1. The predicted octanol–water partition coefficient (Wildman–Crippen LogP) is 2.69. The number of thiophene rings is 1. The number of alkyl halides is 1. The first-order valence-electron chi connectivity index (χ1n) is 5.62. The molecule has 1 aromatic rings. The molecule has 3 nitrogen and oxygen atoms in total. The number of halogens is 1. The van der Waals surface area contributed by atoms with Crippen LogP contribution in [-0.2, 0) is 10.0 Å². The molecule has 96 valence electrons. The minimum absolute atomic E-state index is 0.0837. The zero-order valence-corrected chi connectivity index (χ0v) is 12.3. The topological polar surface area (TPSA) is 37.4 Å². The van der Waals surface area contributed by atoms with Gasteiger partial charge in [-0.05, 0) is 31.4 Å². The zero-order valence-electron chi connectivity index (χ0n) is 9.89. The van der Waals surface area contributed by atoms with Crippen LogP contribution in [0, 0.1) is 12.8 Å². The van der Waals surface area contributed by atoms with Gasteiger partial charge in [0.1, 0.15) is 4.21 Å². The van der Waals surface area contributed by atoms with Crippen molar-refractivity contribution in [2.45, 2.75) is 29.9 Å². The molecule has 1 aromatic heterocycles. The lowest BCUT2D eigenvalue weighted by Gasteiger charge is -2.32. The molecule has 17 heavy (non-hydrogen) atoms. The zero-order chi connectivity index (χ0) is 12.6. The number of nitrogens with zero attached hydrogens (tertiary/aromatic N) is 1. The lowest BCUT2D eigenvalue weighted by atomic mass is 10.0. The summed E-state index contributed by atoms with van der Waals surface area (Å²) < 4.78 is 26.6. The molecule has 2 heterocycles. The molecule has 0 amide bonds. The van der Waals surface area contributed by atoms with E-state index in [1.54, 1.807) is 6.07 Å². The second-order valence-corrected chi connectivity index (χ2v) is 8.52. The molecule has 1 aliphatic heterocycles. The maximum atomic E-state index is 12.3. The largest absolute Gasteiger partial charge is 0.252 e. The van der Waals surface area contributed by atoms with Gasteiger partial charge in [0.2, 0.25) is 0 Å². The van der Waals surface area contributed by atoms with E-state index in [9.17, 15) is 8.42 Å². The van der Waals surface area contributed by atoms with E-state index in [0.717, 1.165) is 11.3 Å². The second kappa shape index (κ2) is 4.88. The summed E-state index contributed by atoms with van der Waals surface area (Å²) >= 11 is 7.48. The fraction of sp³-hybridized carbons (Fsp3) is 0.636. The monoisotopic (exact) mass is 293 g/mol. The Labute approximate surface area is 111 Å². The molecule has 0 aromatic carbocycles. The molecule has 0 aliphatic carbocycles. The average molecular weight is 294 g/mol. The maximum absolute atomic E-state index is 12.3. The van der Waals surface area contributed by atoms with Crippen molar-refractivity contribution in [1.82, 2.24) is 4.31 Å². The normalized spacial score (nSPS) is 27.2. The quantitative estimate of drug-likeness (QED) is 0.786. The van der Waals surface area contributed by atoms with Crippen LogP contribution in [0.25, 0.3) is 0 Å². The van der Waals surface area contributed by atoms with Crippen LogP contribution in [0.5, 0.6) is 0 Å². The lowest BCUT2D eigenvalue weighted by Crippen LogP contribution is -2.43. The summed E-state index contributed by atoms with van der Waals surface area (Å²) in [6.45, 7) is 4.97. The first-order chi connectivity index (χ1) is 7.91. The minimum atomic E-state index is -3.33. The predicted molar refractivity (Wildman–Crippen MR) is 71.2 cm³/mol. The van der Waals surface area contributed by atoms with Gasteiger partial charge in [-0.1, -0.05) is 6.92 Å². The van der Waals surface area contributed by atoms with E-state index in [0.29, 0.717) is 23.2 Å². The van der Waals surface area contributed by atoms with E-state index in [1.165, 1.54) is 15.6 Å². The summed E-state index contributed by atoms with van der Waals surface area (Å²) in [4.78, 5) is 1.01. The van der Waals surface area contributed by atoms with Crippen LogP contribution in [0.1, 0.15) is 18.2 Å². The number of hydrogen-bond donors (Lipinski definition) is 0. The Morgan fingerprint density at radius 1 is 1.47 bits per heavy atom. The molecule has 1 aliphatic rings. The number of rotatable bonds is 2. The highest BCUT2D eigenvalue weighted by molar-refractivity contribution is 7.91. The van der Waals surface area contributed by atoms with E-state index in [1.807, 2.05) is 13.0 Å². The Hall–Kier alpha value is -0.100. The first kappa shape index (κ1) is 13.3. The summed E-state index contributed by atoms with van der Waals surface area (Å²) in [7, 11) is -3.33. The Morgan fingerprint density at radius 3 is 2.71 bits per heavy atom. The van der Waals surface area contributed by atoms with E-state index in [-0.39, 0.29) is 5.38 Å². The van der Waals surface area contributed by atoms with E-state index >= 15 is 0 Å². The molecule has 1 fully saturated rings. The Morgan fingerprint density at radius 2 is 2.18 bits per heavy atom. The molecule has 0 bridgehead atoms. The fourth-order valence-electron chi connectivity index (χ4n) is 1.89. The van der Waals surface area contributed by atoms with Gasteiger partial charge in [0, 0.05) is 23.3 Å². The summed E-state index contributed by atoms with van der Waals surface area (Å²) in [6.07, 6.45) is 0.831. The van der Waals surface area contributed by atoms with Gasteiger partial charge in [-0.2, -0.15) is 4.31 Å². The standard InChI is InChI=1S/C11H16ClNO2S2/c1-8-5-6-13(7-10(8)12)17(14,15)11-4-3-9(2)16-11/h3-4,8,10H,5-7H2,1-2H3. The molecule has 0 saturated carbocycles. The number of aryl methyl sites for hydroxylation is 1. The van der Waals surface area contributed by atoms with Crippen molar-refractivity contribution >= 4 is 33.0 Å². The Bertz CT molecular complexity index is 497. The second-order valence-electron chi connectivity index (χ2n) is 4.51. The fourth-order valence-corrected chi connectivity index (χ4v) is 5.18. The third-order valence-corrected chi connectivity index (χ3v) is 7.04. The van der Waals surface area contributed by atoms with Crippen LogP contribution in [0.15, 0.2) is 16.3 Å². The van der Waals surface area contributed by atoms with Gasteiger partial charge < -0.3 is 0 Å². The van der Waals surface area contributed by atoms with Crippen LogP contribution >= 0.6 is 22.9 Å².